The number of rotatable bonds is 6. The maximum atomic E-state index is 6.65. The first-order valence-electron chi connectivity index (χ1n) is 20.1. The summed E-state index contributed by atoms with van der Waals surface area (Å²) in [6, 6.07) is 81.0. The number of nitrogens with zero attached hydrogens (tertiary/aromatic N) is 1. The highest BCUT2D eigenvalue weighted by atomic mass is 28.3. The molecule has 9 aromatic carbocycles. The number of benzene rings is 9. The summed E-state index contributed by atoms with van der Waals surface area (Å²) in [7, 11) is -2.99. The Balaban J connectivity index is 1.13. The number of furan rings is 1. The summed E-state index contributed by atoms with van der Waals surface area (Å²) in [4.78, 5) is 0. The zero-order chi connectivity index (χ0) is 38.2. The lowest BCUT2D eigenvalue weighted by atomic mass is 9.89. The van der Waals surface area contributed by atoms with Gasteiger partial charge in [0, 0.05) is 38.7 Å². The largest absolute Gasteiger partial charge is 0.455 e. The molecule has 12 rings (SSSR count). The van der Waals surface area contributed by atoms with Gasteiger partial charge in [-0.15, -0.1) is 0 Å². The van der Waals surface area contributed by atoms with Crippen molar-refractivity contribution in [3.8, 4) is 16.8 Å². The molecule has 2 nitrogen and oxygen atoms in total. The first-order valence-corrected chi connectivity index (χ1v) is 22.1. The van der Waals surface area contributed by atoms with Crippen LogP contribution in [0.2, 0.25) is 0 Å². The van der Waals surface area contributed by atoms with Crippen molar-refractivity contribution in [1.82, 2.24) is 4.57 Å². The molecular weight excluding hydrogens is 719 g/mol. The van der Waals surface area contributed by atoms with Crippen molar-refractivity contribution in [2.75, 3.05) is 0 Å². The molecule has 0 aliphatic heterocycles. The maximum Gasteiger partial charge on any atom is 0.181 e. The van der Waals surface area contributed by atoms with Gasteiger partial charge in [-0.05, 0) is 67.3 Å². The van der Waals surface area contributed by atoms with Gasteiger partial charge < -0.3 is 8.98 Å². The van der Waals surface area contributed by atoms with Gasteiger partial charge in [0.25, 0.3) is 0 Å². The predicted octanol–water partition coefficient (Wildman–Crippen LogP) is 11.2. The molecule has 1 aliphatic carbocycles. The van der Waals surface area contributed by atoms with Gasteiger partial charge in [0.15, 0.2) is 8.07 Å². The van der Waals surface area contributed by atoms with Gasteiger partial charge in [0.1, 0.15) is 11.2 Å². The molecule has 2 aromatic heterocycles. The lowest BCUT2D eigenvalue weighted by Crippen LogP contribution is -2.75. The quantitative estimate of drug-likeness (QED) is 0.122. The van der Waals surface area contributed by atoms with Gasteiger partial charge in [-0.1, -0.05) is 194 Å². The molecule has 2 heterocycles. The van der Waals surface area contributed by atoms with Gasteiger partial charge in [-0.3, -0.25) is 0 Å². The molecule has 3 heteroatoms. The highest BCUT2D eigenvalue weighted by Crippen LogP contribution is 2.51. The van der Waals surface area contributed by atoms with Gasteiger partial charge >= 0.3 is 0 Å². The van der Waals surface area contributed by atoms with Gasteiger partial charge in [0.05, 0.1) is 11.0 Å². The average Bonchev–Trinajstić information content (AvgIpc) is 3.96. The highest BCUT2D eigenvalue weighted by Gasteiger charge is 2.44. The molecule has 0 saturated carbocycles. The minimum atomic E-state index is -2.99. The summed E-state index contributed by atoms with van der Waals surface area (Å²) in [5.41, 5.74) is 11.9. The van der Waals surface area contributed by atoms with E-state index in [1.165, 1.54) is 75.8 Å². The zero-order valence-corrected chi connectivity index (χ0v) is 32.7. The third-order valence-corrected chi connectivity index (χ3v) is 17.4. The van der Waals surface area contributed by atoms with Crippen molar-refractivity contribution in [3.05, 3.63) is 235 Å². The summed E-state index contributed by atoms with van der Waals surface area (Å²) < 4.78 is 9.16. The van der Waals surface area contributed by atoms with Crippen molar-refractivity contribution in [2.45, 2.75) is 5.92 Å². The van der Waals surface area contributed by atoms with Crippen LogP contribution < -0.4 is 20.7 Å². The van der Waals surface area contributed by atoms with Crippen LogP contribution in [-0.4, -0.2) is 12.6 Å². The zero-order valence-electron chi connectivity index (χ0n) is 31.7. The van der Waals surface area contributed by atoms with Crippen LogP contribution in [0.25, 0.3) is 60.6 Å². The fourth-order valence-corrected chi connectivity index (χ4v) is 15.2. The second-order valence-corrected chi connectivity index (χ2v) is 19.3. The fourth-order valence-electron chi connectivity index (χ4n) is 10.3. The summed E-state index contributed by atoms with van der Waals surface area (Å²) in [6.07, 6.45) is 0. The molecule has 0 amide bonds. The summed E-state index contributed by atoms with van der Waals surface area (Å²) in [6.45, 7) is 0. The van der Waals surface area contributed by atoms with E-state index in [0.29, 0.717) is 0 Å². The van der Waals surface area contributed by atoms with E-state index in [0.717, 1.165) is 22.2 Å². The Morgan fingerprint density at radius 3 is 1.78 bits per heavy atom. The Morgan fingerprint density at radius 2 is 1.02 bits per heavy atom. The molecule has 272 valence electrons. The second-order valence-electron chi connectivity index (χ2n) is 15.5. The van der Waals surface area contributed by atoms with Gasteiger partial charge in [0.2, 0.25) is 0 Å². The van der Waals surface area contributed by atoms with E-state index in [1.807, 2.05) is 0 Å². The summed E-state index contributed by atoms with van der Waals surface area (Å²) >= 11 is 0. The van der Waals surface area contributed by atoms with Gasteiger partial charge in [-0.25, -0.2) is 0 Å². The van der Waals surface area contributed by atoms with Gasteiger partial charge in [-0.2, -0.15) is 0 Å². The Bertz CT molecular complexity index is 3290. The van der Waals surface area contributed by atoms with E-state index >= 15 is 0 Å². The van der Waals surface area contributed by atoms with E-state index in [2.05, 4.69) is 223 Å². The molecule has 0 saturated heterocycles. The average molecular weight is 756 g/mol. The van der Waals surface area contributed by atoms with Crippen LogP contribution in [0.15, 0.2) is 223 Å². The molecule has 1 atom stereocenters. The third kappa shape index (κ3) is 4.65. The third-order valence-electron chi connectivity index (χ3n) is 12.6. The standard InChI is InChI=1S/C55H37NOSi/c1-4-17-38(18-5-1)56-49-28-14-12-23-42(49)46-27-16-30-51(54(46)56)58(39-19-6-2-7-20-39,40-21-8-3-9-22-40)41-33-31-37(32-34-41)52-44-25-10-11-26-45(44)53-48(52)36-35-47-43-24-13-15-29-50(43)57-55(47)53/h1-36,52H. The Labute approximate surface area is 337 Å². The second kappa shape index (κ2) is 12.9. The van der Waals surface area contributed by atoms with Crippen molar-refractivity contribution in [1.29, 1.82) is 0 Å². The van der Waals surface area contributed by atoms with Crippen molar-refractivity contribution in [3.63, 3.8) is 0 Å². The first-order chi connectivity index (χ1) is 28.8. The Morgan fingerprint density at radius 1 is 0.414 bits per heavy atom. The van der Waals surface area contributed by atoms with Crippen LogP contribution in [0, 0.1) is 0 Å². The predicted molar refractivity (Wildman–Crippen MR) is 244 cm³/mol. The van der Waals surface area contributed by atoms with E-state index in [1.54, 1.807) is 0 Å². The van der Waals surface area contributed by atoms with Crippen LogP contribution in [0.4, 0.5) is 0 Å². The first kappa shape index (κ1) is 33.0. The van der Waals surface area contributed by atoms with E-state index in [9.17, 15) is 0 Å². The molecule has 0 N–H and O–H groups in total. The van der Waals surface area contributed by atoms with Crippen LogP contribution in [0.5, 0.6) is 0 Å². The monoisotopic (exact) mass is 755 g/mol. The minimum absolute atomic E-state index is 0.0893. The highest BCUT2D eigenvalue weighted by molar-refractivity contribution is 7.20. The molecule has 0 fully saturated rings. The summed E-state index contributed by atoms with van der Waals surface area (Å²) in [5, 5.41) is 10.3. The Kier molecular flexibility index (Phi) is 7.35. The lowest BCUT2D eigenvalue weighted by molar-refractivity contribution is 0.670. The molecule has 0 radical (unpaired) electrons. The van der Waals surface area contributed by atoms with Crippen LogP contribution >= 0.6 is 0 Å². The fraction of sp³-hybridized carbons (Fsp3) is 0.0182. The molecular formula is C55H37NOSi. The number of hydrogen-bond donors (Lipinski definition) is 0. The number of para-hydroxylation sites is 4. The molecule has 1 aliphatic rings. The Hall–Kier alpha value is -7.20. The van der Waals surface area contributed by atoms with E-state index < -0.39 is 8.07 Å². The smallest absolute Gasteiger partial charge is 0.181 e. The molecule has 1 unspecified atom stereocenters. The lowest BCUT2D eigenvalue weighted by Gasteiger charge is -2.35. The minimum Gasteiger partial charge on any atom is -0.455 e. The van der Waals surface area contributed by atoms with E-state index in [4.69, 9.17) is 4.42 Å². The van der Waals surface area contributed by atoms with Crippen LogP contribution in [0.3, 0.4) is 0 Å². The number of aromatic nitrogens is 1. The normalized spacial score (nSPS) is 13.7. The summed E-state index contributed by atoms with van der Waals surface area (Å²) in [5.74, 6) is 0.0893. The number of fused-ring (bicyclic) bond motifs is 10. The SMILES string of the molecule is c1ccc(-n2c3ccccc3c3cccc([Si](c4ccccc4)(c4ccccc4)c4ccc(C5c6ccccc6-c6c5ccc5c6oc6ccccc65)cc4)c32)cc1. The molecule has 11 aromatic rings. The maximum absolute atomic E-state index is 6.65. The molecule has 58 heavy (non-hydrogen) atoms. The molecule has 0 bridgehead atoms. The molecule has 0 spiro atoms. The topological polar surface area (TPSA) is 18.1 Å². The van der Waals surface area contributed by atoms with Crippen LogP contribution in [0.1, 0.15) is 22.6 Å². The van der Waals surface area contributed by atoms with Crippen molar-refractivity contribution >= 4 is 72.6 Å². The van der Waals surface area contributed by atoms with Crippen molar-refractivity contribution in [2.24, 2.45) is 0 Å². The van der Waals surface area contributed by atoms with Crippen molar-refractivity contribution < 1.29 is 4.42 Å². The van der Waals surface area contributed by atoms with Crippen LogP contribution in [-0.2, 0) is 0 Å². The number of hydrogen-bond acceptors (Lipinski definition) is 1. The van der Waals surface area contributed by atoms with E-state index in [-0.39, 0.29) is 5.92 Å².